The number of carbonyl (C=O) groups excluding carboxylic acids is 1. The molecule has 0 saturated carbocycles. The molecule has 0 heterocycles. The van der Waals surface area contributed by atoms with Crippen LogP contribution in [0.3, 0.4) is 0 Å². The van der Waals surface area contributed by atoms with Crippen LogP contribution in [-0.4, -0.2) is 6.29 Å². The van der Waals surface area contributed by atoms with E-state index in [1.165, 1.54) is 6.20 Å². The Hall–Kier alpha value is -1.77. The van der Waals surface area contributed by atoms with E-state index in [1.54, 1.807) is 12.1 Å². The first-order valence-corrected chi connectivity index (χ1v) is 3.98. The van der Waals surface area contributed by atoms with E-state index < -0.39 is 0 Å². The minimum Gasteiger partial charge on any atom is -0.405 e. The van der Waals surface area contributed by atoms with Crippen LogP contribution in [0.4, 0.5) is 5.69 Å². The summed E-state index contributed by atoms with van der Waals surface area (Å²) in [4.78, 5) is 10.2. The number of nitrogen functional groups attached to an aromatic ring is 1. The third kappa shape index (κ3) is 2.33. The van der Waals surface area contributed by atoms with Crippen LogP contribution in [0, 0.1) is 0 Å². The Morgan fingerprint density at radius 1 is 1.38 bits per heavy atom. The third-order valence-corrected chi connectivity index (χ3v) is 1.75. The highest BCUT2D eigenvalue weighted by Crippen LogP contribution is 2.15. The van der Waals surface area contributed by atoms with Crippen LogP contribution in [0.1, 0.15) is 11.1 Å². The van der Waals surface area contributed by atoms with E-state index in [0.717, 1.165) is 17.4 Å². The molecule has 1 rings (SSSR count). The molecular formula is C10H12N2O. The van der Waals surface area contributed by atoms with Crippen molar-refractivity contribution < 1.29 is 4.79 Å². The summed E-state index contributed by atoms with van der Waals surface area (Å²) in [6, 6.07) is 5.49. The number of anilines is 1. The highest BCUT2D eigenvalue weighted by atomic mass is 16.1. The van der Waals surface area contributed by atoms with Crippen LogP contribution in [0.5, 0.6) is 0 Å². The maximum atomic E-state index is 10.2. The summed E-state index contributed by atoms with van der Waals surface area (Å²) in [5, 5.41) is 0. The van der Waals surface area contributed by atoms with Gasteiger partial charge < -0.3 is 16.3 Å². The SMILES string of the molecule is N/C=C\c1ccc(CC=O)cc1N. The number of rotatable bonds is 3. The van der Waals surface area contributed by atoms with Crippen LogP contribution in [0.2, 0.25) is 0 Å². The van der Waals surface area contributed by atoms with Gasteiger partial charge in [0.25, 0.3) is 0 Å². The van der Waals surface area contributed by atoms with Crippen LogP contribution >= 0.6 is 0 Å². The van der Waals surface area contributed by atoms with Gasteiger partial charge in [-0.15, -0.1) is 0 Å². The molecular weight excluding hydrogens is 164 g/mol. The van der Waals surface area contributed by atoms with Crippen molar-refractivity contribution in [1.82, 2.24) is 0 Å². The van der Waals surface area contributed by atoms with Gasteiger partial charge in [0.15, 0.2) is 0 Å². The van der Waals surface area contributed by atoms with Crippen molar-refractivity contribution >= 4 is 18.0 Å². The molecule has 0 bridgehead atoms. The summed E-state index contributed by atoms with van der Waals surface area (Å²) in [7, 11) is 0. The minimum absolute atomic E-state index is 0.400. The van der Waals surface area contributed by atoms with Gasteiger partial charge in [0, 0.05) is 12.1 Å². The predicted molar refractivity (Wildman–Crippen MR) is 53.8 cm³/mol. The fourth-order valence-electron chi connectivity index (χ4n) is 1.10. The Balaban J connectivity index is 2.97. The molecule has 3 heteroatoms. The lowest BCUT2D eigenvalue weighted by molar-refractivity contribution is -0.107. The van der Waals surface area contributed by atoms with E-state index in [9.17, 15) is 4.79 Å². The molecule has 0 aliphatic heterocycles. The molecule has 0 unspecified atom stereocenters. The summed E-state index contributed by atoms with van der Waals surface area (Å²) < 4.78 is 0. The first-order valence-electron chi connectivity index (χ1n) is 3.98. The monoisotopic (exact) mass is 176 g/mol. The lowest BCUT2D eigenvalue weighted by Gasteiger charge is -2.02. The lowest BCUT2D eigenvalue weighted by atomic mass is 10.1. The van der Waals surface area contributed by atoms with Gasteiger partial charge >= 0.3 is 0 Å². The predicted octanol–water partition coefficient (Wildman–Crippen LogP) is 0.940. The fraction of sp³-hybridized carbons (Fsp3) is 0.100. The molecule has 0 saturated heterocycles. The summed E-state index contributed by atoms with van der Waals surface area (Å²) >= 11 is 0. The Morgan fingerprint density at radius 3 is 2.69 bits per heavy atom. The van der Waals surface area contributed by atoms with E-state index in [2.05, 4.69) is 0 Å². The number of nitrogens with two attached hydrogens (primary N) is 2. The van der Waals surface area contributed by atoms with E-state index >= 15 is 0 Å². The number of aldehydes is 1. The van der Waals surface area contributed by atoms with Crippen LogP contribution in [0.25, 0.3) is 6.08 Å². The number of hydrogen-bond acceptors (Lipinski definition) is 3. The quantitative estimate of drug-likeness (QED) is 0.532. The first kappa shape index (κ1) is 9.32. The Morgan fingerprint density at radius 2 is 2.15 bits per heavy atom. The smallest absolute Gasteiger partial charge is 0.124 e. The zero-order chi connectivity index (χ0) is 9.68. The summed E-state index contributed by atoms with van der Waals surface area (Å²) in [6.07, 6.45) is 4.41. The van der Waals surface area contributed by atoms with Gasteiger partial charge in [-0.25, -0.2) is 0 Å². The molecule has 1 aromatic rings. The van der Waals surface area contributed by atoms with Crippen molar-refractivity contribution in [2.75, 3.05) is 5.73 Å². The minimum atomic E-state index is 0.400. The molecule has 1 aromatic carbocycles. The number of hydrogen-bond donors (Lipinski definition) is 2. The Bertz CT molecular complexity index is 332. The van der Waals surface area contributed by atoms with Crippen molar-refractivity contribution in [1.29, 1.82) is 0 Å². The highest BCUT2D eigenvalue weighted by molar-refractivity contribution is 5.66. The molecule has 68 valence electrons. The third-order valence-electron chi connectivity index (χ3n) is 1.75. The largest absolute Gasteiger partial charge is 0.405 e. The lowest BCUT2D eigenvalue weighted by Crippen LogP contribution is -1.93. The zero-order valence-corrected chi connectivity index (χ0v) is 7.23. The average Bonchev–Trinajstić information content (AvgIpc) is 2.10. The van der Waals surface area contributed by atoms with Gasteiger partial charge in [-0.2, -0.15) is 0 Å². The molecule has 0 aromatic heterocycles. The average molecular weight is 176 g/mol. The highest BCUT2D eigenvalue weighted by Gasteiger charge is 1.96. The van der Waals surface area contributed by atoms with Crippen molar-refractivity contribution in [2.24, 2.45) is 5.73 Å². The summed E-state index contributed by atoms with van der Waals surface area (Å²) in [5.41, 5.74) is 13.4. The van der Waals surface area contributed by atoms with Gasteiger partial charge in [0.2, 0.25) is 0 Å². The fourth-order valence-corrected chi connectivity index (χ4v) is 1.10. The van der Waals surface area contributed by atoms with Crippen LogP contribution in [-0.2, 0) is 11.2 Å². The van der Waals surface area contributed by atoms with Crippen molar-refractivity contribution in [3.05, 3.63) is 35.5 Å². The van der Waals surface area contributed by atoms with E-state index in [-0.39, 0.29) is 0 Å². The van der Waals surface area contributed by atoms with Crippen LogP contribution in [0.15, 0.2) is 24.4 Å². The number of carbonyl (C=O) groups is 1. The molecule has 0 spiro atoms. The molecule has 13 heavy (non-hydrogen) atoms. The molecule has 0 aliphatic carbocycles. The molecule has 0 fully saturated rings. The Labute approximate surface area is 77.0 Å². The van der Waals surface area contributed by atoms with Crippen molar-refractivity contribution in [3.8, 4) is 0 Å². The van der Waals surface area contributed by atoms with Gasteiger partial charge in [-0.1, -0.05) is 12.1 Å². The van der Waals surface area contributed by atoms with Gasteiger partial charge in [-0.3, -0.25) is 0 Å². The Kier molecular flexibility index (Phi) is 3.09. The van der Waals surface area contributed by atoms with E-state index in [1.807, 2.05) is 12.1 Å². The molecule has 4 N–H and O–H groups in total. The second-order valence-electron chi connectivity index (χ2n) is 2.69. The van der Waals surface area contributed by atoms with E-state index in [0.29, 0.717) is 12.1 Å². The molecule has 0 radical (unpaired) electrons. The van der Waals surface area contributed by atoms with Gasteiger partial charge in [0.1, 0.15) is 6.29 Å². The molecule has 0 amide bonds. The van der Waals surface area contributed by atoms with Gasteiger partial charge in [0.05, 0.1) is 0 Å². The topological polar surface area (TPSA) is 69.1 Å². The first-order chi connectivity index (χ1) is 6.27. The summed E-state index contributed by atoms with van der Waals surface area (Å²) in [5.74, 6) is 0. The van der Waals surface area contributed by atoms with E-state index in [4.69, 9.17) is 11.5 Å². The van der Waals surface area contributed by atoms with Crippen molar-refractivity contribution in [2.45, 2.75) is 6.42 Å². The maximum absolute atomic E-state index is 10.2. The zero-order valence-electron chi connectivity index (χ0n) is 7.23. The standard InChI is InChI=1S/C10H12N2O/c11-5-3-9-2-1-8(4-6-13)7-10(9)12/h1-3,5-7H,4,11-12H2/b5-3-. The maximum Gasteiger partial charge on any atom is 0.124 e. The van der Waals surface area contributed by atoms with Crippen LogP contribution < -0.4 is 11.5 Å². The second kappa shape index (κ2) is 4.30. The second-order valence-corrected chi connectivity index (χ2v) is 2.69. The molecule has 0 atom stereocenters. The van der Waals surface area contributed by atoms with Crippen molar-refractivity contribution in [3.63, 3.8) is 0 Å². The summed E-state index contributed by atoms with van der Waals surface area (Å²) in [6.45, 7) is 0. The normalized spacial score (nSPS) is 10.5. The molecule has 3 nitrogen and oxygen atoms in total. The molecule has 0 aliphatic rings. The number of benzene rings is 1. The van der Waals surface area contributed by atoms with Gasteiger partial charge in [-0.05, 0) is 29.5 Å².